The number of carbonyl (C=O) groups is 1. The van der Waals surface area contributed by atoms with Gasteiger partial charge >= 0.3 is 0 Å². The molecule has 0 saturated heterocycles. The monoisotopic (exact) mass is 247 g/mol. The third-order valence-corrected chi connectivity index (χ3v) is 2.64. The van der Waals surface area contributed by atoms with Crippen LogP contribution in [0.2, 0.25) is 5.02 Å². The Morgan fingerprint density at radius 3 is 2.82 bits per heavy atom. The Hall–Kier alpha value is -1.87. The minimum atomic E-state index is 0.317. The summed E-state index contributed by atoms with van der Waals surface area (Å²) in [7, 11) is 1.48. The van der Waals surface area contributed by atoms with Crippen LogP contribution in [0.5, 0.6) is 5.88 Å². The van der Waals surface area contributed by atoms with Crippen molar-refractivity contribution in [3.63, 3.8) is 0 Å². The lowest BCUT2D eigenvalue weighted by Crippen LogP contribution is -1.96. The van der Waals surface area contributed by atoms with Gasteiger partial charge in [-0.1, -0.05) is 23.7 Å². The molecule has 1 heterocycles. The number of hydrogen-bond donors (Lipinski definition) is 0. The van der Waals surface area contributed by atoms with Gasteiger partial charge in [-0.05, 0) is 29.3 Å². The summed E-state index contributed by atoms with van der Waals surface area (Å²) in [5.74, 6) is 0.317. The van der Waals surface area contributed by atoms with Gasteiger partial charge in [0.2, 0.25) is 5.88 Å². The van der Waals surface area contributed by atoms with Gasteiger partial charge in [-0.3, -0.25) is 4.79 Å². The Bertz CT molecular complexity index is 555. The molecule has 0 spiro atoms. The smallest absolute Gasteiger partial charge is 0.224 e. The number of nitrogens with zero attached hydrogens (tertiary/aromatic N) is 1. The Morgan fingerprint density at radius 2 is 2.18 bits per heavy atom. The topological polar surface area (TPSA) is 39.2 Å². The number of methoxy groups -OCH3 is 1. The van der Waals surface area contributed by atoms with E-state index in [2.05, 4.69) is 4.98 Å². The Kier molecular flexibility index (Phi) is 3.40. The summed E-state index contributed by atoms with van der Waals surface area (Å²) in [5.41, 5.74) is 2.05. The number of ether oxygens (including phenoxy) is 1. The summed E-state index contributed by atoms with van der Waals surface area (Å²) in [4.78, 5) is 15.1. The molecule has 0 unspecified atom stereocenters. The van der Waals surface area contributed by atoms with Crippen LogP contribution in [0.25, 0.3) is 11.1 Å². The molecule has 0 fully saturated rings. The van der Waals surface area contributed by atoms with Gasteiger partial charge in [0.15, 0.2) is 6.29 Å². The molecule has 0 saturated carbocycles. The van der Waals surface area contributed by atoms with Crippen LogP contribution in [0.4, 0.5) is 0 Å². The van der Waals surface area contributed by atoms with Crippen molar-refractivity contribution >= 4 is 17.9 Å². The van der Waals surface area contributed by atoms with Gasteiger partial charge in [0.05, 0.1) is 12.7 Å². The van der Waals surface area contributed by atoms with Crippen LogP contribution in [0.3, 0.4) is 0 Å². The number of pyridine rings is 1. The zero-order chi connectivity index (χ0) is 12.3. The van der Waals surface area contributed by atoms with Crippen LogP contribution in [0.1, 0.15) is 10.4 Å². The molecule has 0 atom stereocenters. The number of hydrogen-bond acceptors (Lipinski definition) is 3. The number of benzene rings is 1. The highest BCUT2D eigenvalue weighted by atomic mass is 35.5. The van der Waals surface area contributed by atoms with Gasteiger partial charge in [-0.15, -0.1) is 0 Å². The molecule has 2 rings (SSSR count). The number of halogens is 1. The fraction of sp³-hybridized carbons (Fsp3) is 0.0769. The van der Waals surface area contributed by atoms with E-state index in [4.69, 9.17) is 16.3 Å². The van der Waals surface area contributed by atoms with Gasteiger partial charge in [0, 0.05) is 11.2 Å². The fourth-order valence-electron chi connectivity index (χ4n) is 1.64. The molecular weight excluding hydrogens is 238 g/mol. The molecular formula is C13H10ClNO2. The van der Waals surface area contributed by atoms with Crippen LogP contribution >= 0.6 is 11.6 Å². The molecule has 0 radical (unpaired) electrons. The highest BCUT2D eigenvalue weighted by Gasteiger charge is 2.11. The Balaban J connectivity index is 2.63. The van der Waals surface area contributed by atoms with Gasteiger partial charge in [0.25, 0.3) is 0 Å². The largest absolute Gasteiger partial charge is 0.480 e. The van der Waals surface area contributed by atoms with Gasteiger partial charge in [0.1, 0.15) is 0 Å². The molecule has 2 aromatic rings. The summed E-state index contributed by atoms with van der Waals surface area (Å²) in [6, 6.07) is 9.05. The molecule has 86 valence electrons. The molecule has 3 nitrogen and oxygen atoms in total. The number of rotatable bonds is 3. The number of carbonyl (C=O) groups excluding carboxylic acids is 1. The summed E-state index contributed by atoms with van der Waals surface area (Å²) >= 11 is 5.93. The van der Waals surface area contributed by atoms with Crippen molar-refractivity contribution in [2.45, 2.75) is 0 Å². The lowest BCUT2D eigenvalue weighted by molar-refractivity contribution is 0.112. The molecule has 0 aliphatic heterocycles. The van der Waals surface area contributed by atoms with Crippen molar-refractivity contribution in [3.8, 4) is 17.0 Å². The molecule has 0 amide bonds. The van der Waals surface area contributed by atoms with Crippen LogP contribution in [-0.2, 0) is 0 Å². The number of aromatic nitrogens is 1. The third kappa shape index (κ3) is 2.29. The van der Waals surface area contributed by atoms with Crippen LogP contribution < -0.4 is 4.74 Å². The highest BCUT2D eigenvalue weighted by molar-refractivity contribution is 6.30. The minimum Gasteiger partial charge on any atom is -0.480 e. The number of aldehydes is 1. The van der Waals surface area contributed by atoms with Crippen molar-refractivity contribution in [1.29, 1.82) is 0 Å². The first kappa shape index (κ1) is 11.6. The predicted molar refractivity (Wildman–Crippen MR) is 66.6 cm³/mol. The second kappa shape index (κ2) is 4.97. The lowest BCUT2D eigenvalue weighted by Gasteiger charge is -2.08. The second-order valence-electron chi connectivity index (χ2n) is 3.41. The molecule has 1 aromatic heterocycles. The lowest BCUT2D eigenvalue weighted by atomic mass is 10.0. The molecule has 17 heavy (non-hydrogen) atoms. The van der Waals surface area contributed by atoms with Crippen molar-refractivity contribution in [2.75, 3.05) is 7.11 Å². The van der Waals surface area contributed by atoms with Crippen molar-refractivity contribution in [2.24, 2.45) is 0 Å². The van der Waals surface area contributed by atoms with E-state index in [1.807, 2.05) is 12.1 Å². The third-order valence-electron chi connectivity index (χ3n) is 2.40. The Labute approximate surface area is 104 Å². The quantitative estimate of drug-likeness (QED) is 0.782. The molecule has 4 heteroatoms. The average Bonchev–Trinajstić information content (AvgIpc) is 2.37. The van der Waals surface area contributed by atoms with E-state index in [1.165, 1.54) is 7.11 Å². The zero-order valence-corrected chi connectivity index (χ0v) is 9.94. The molecule has 0 aliphatic rings. The Morgan fingerprint density at radius 1 is 1.35 bits per heavy atom. The van der Waals surface area contributed by atoms with E-state index < -0.39 is 0 Å². The maximum atomic E-state index is 11.1. The van der Waals surface area contributed by atoms with Crippen molar-refractivity contribution in [3.05, 3.63) is 47.1 Å². The maximum Gasteiger partial charge on any atom is 0.224 e. The van der Waals surface area contributed by atoms with E-state index in [-0.39, 0.29) is 0 Å². The minimum absolute atomic E-state index is 0.317. The average molecular weight is 248 g/mol. The van der Waals surface area contributed by atoms with Gasteiger partial charge in [-0.25, -0.2) is 4.98 Å². The van der Waals surface area contributed by atoms with Crippen molar-refractivity contribution in [1.82, 2.24) is 4.98 Å². The van der Waals surface area contributed by atoms with E-state index in [9.17, 15) is 4.79 Å². The summed E-state index contributed by atoms with van der Waals surface area (Å²) in [6.45, 7) is 0. The molecule has 0 N–H and O–H groups in total. The predicted octanol–water partition coefficient (Wildman–Crippen LogP) is 3.22. The van der Waals surface area contributed by atoms with Crippen LogP contribution in [0.15, 0.2) is 36.5 Å². The first-order valence-electron chi connectivity index (χ1n) is 5.00. The van der Waals surface area contributed by atoms with E-state index >= 15 is 0 Å². The van der Waals surface area contributed by atoms with E-state index in [0.717, 1.165) is 17.4 Å². The SMILES string of the molecule is COc1nccc(-c2cccc(Cl)c2)c1C=O. The molecule has 1 aromatic carbocycles. The maximum absolute atomic E-state index is 11.1. The summed E-state index contributed by atoms with van der Waals surface area (Å²) < 4.78 is 5.05. The van der Waals surface area contributed by atoms with Crippen molar-refractivity contribution < 1.29 is 9.53 Å². The normalized spacial score (nSPS) is 10.0. The first-order chi connectivity index (χ1) is 8.26. The standard InChI is InChI=1S/C13H10ClNO2/c1-17-13-12(8-16)11(5-6-15-13)9-3-2-4-10(14)7-9/h2-8H,1H3. The molecule has 0 aliphatic carbocycles. The van der Waals surface area contributed by atoms with Gasteiger partial charge < -0.3 is 4.74 Å². The zero-order valence-electron chi connectivity index (χ0n) is 9.18. The summed E-state index contributed by atoms with van der Waals surface area (Å²) in [6.07, 6.45) is 2.34. The molecule has 0 bridgehead atoms. The van der Waals surface area contributed by atoms with Gasteiger partial charge in [-0.2, -0.15) is 0 Å². The van der Waals surface area contributed by atoms with Crippen LogP contribution in [0, 0.1) is 0 Å². The first-order valence-corrected chi connectivity index (χ1v) is 5.38. The fourth-order valence-corrected chi connectivity index (χ4v) is 1.83. The van der Waals surface area contributed by atoms with Crippen LogP contribution in [-0.4, -0.2) is 18.4 Å². The van der Waals surface area contributed by atoms with E-state index in [0.29, 0.717) is 16.5 Å². The summed E-state index contributed by atoms with van der Waals surface area (Å²) in [5, 5.41) is 0.620. The second-order valence-corrected chi connectivity index (χ2v) is 3.85. The van der Waals surface area contributed by atoms with E-state index in [1.54, 1.807) is 24.4 Å². The highest BCUT2D eigenvalue weighted by Crippen LogP contribution is 2.28.